The molecule has 2 N–H and O–H groups in total. The van der Waals surface area contributed by atoms with Crippen LogP contribution in [0.25, 0.3) is 0 Å². The van der Waals surface area contributed by atoms with Crippen LogP contribution in [0.15, 0.2) is 12.1 Å². The van der Waals surface area contributed by atoms with Crippen molar-refractivity contribution in [1.29, 1.82) is 0 Å². The summed E-state index contributed by atoms with van der Waals surface area (Å²) < 4.78 is 38.0. The van der Waals surface area contributed by atoms with Crippen LogP contribution in [0.5, 0.6) is 0 Å². The van der Waals surface area contributed by atoms with Crippen LogP contribution in [-0.2, 0) is 11.0 Å². The van der Waals surface area contributed by atoms with Gasteiger partial charge in [-0.3, -0.25) is 4.79 Å². The van der Waals surface area contributed by atoms with Crippen molar-refractivity contribution >= 4 is 17.5 Å². The molecule has 0 aromatic carbocycles. The first-order valence-electron chi connectivity index (χ1n) is 5.61. The SMILES string of the molecule is CN1CCN(c2cc(C(F)(F)F)cc(N)n2)CC1=O. The number of alkyl halides is 3. The van der Waals surface area contributed by atoms with Crippen LogP contribution in [0.2, 0.25) is 0 Å². The molecule has 0 saturated carbocycles. The Labute approximate surface area is 107 Å². The van der Waals surface area contributed by atoms with Crippen LogP contribution in [0, 0.1) is 0 Å². The van der Waals surface area contributed by atoms with E-state index in [1.54, 1.807) is 7.05 Å². The number of nitrogens with zero attached hydrogens (tertiary/aromatic N) is 3. The zero-order valence-electron chi connectivity index (χ0n) is 10.2. The Balaban J connectivity index is 2.30. The molecule has 0 aliphatic carbocycles. The molecule has 104 valence electrons. The van der Waals surface area contributed by atoms with Gasteiger partial charge in [0.25, 0.3) is 0 Å². The van der Waals surface area contributed by atoms with Gasteiger partial charge in [-0.2, -0.15) is 13.2 Å². The molecule has 1 amide bonds. The average Bonchev–Trinajstić information content (AvgIpc) is 2.31. The van der Waals surface area contributed by atoms with Gasteiger partial charge >= 0.3 is 6.18 Å². The fourth-order valence-corrected chi connectivity index (χ4v) is 1.82. The van der Waals surface area contributed by atoms with Crippen molar-refractivity contribution in [3.8, 4) is 0 Å². The number of hydrogen-bond acceptors (Lipinski definition) is 4. The van der Waals surface area contributed by atoms with Gasteiger partial charge in [0.05, 0.1) is 12.1 Å². The van der Waals surface area contributed by atoms with Gasteiger partial charge in [0.2, 0.25) is 5.91 Å². The predicted molar refractivity (Wildman–Crippen MR) is 63.5 cm³/mol. The van der Waals surface area contributed by atoms with E-state index in [0.717, 1.165) is 12.1 Å². The molecule has 1 aromatic heterocycles. The van der Waals surface area contributed by atoms with E-state index in [9.17, 15) is 18.0 Å². The fourth-order valence-electron chi connectivity index (χ4n) is 1.82. The van der Waals surface area contributed by atoms with Gasteiger partial charge in [0.1, 0.15) is 11.6 Å². The topological polar surface area (TPSA) is 62.5 Å². The first-order chi connectivity index (χ1) is 8.77. The molecule has 1 saturated heterocycles. The minimum Gasteiger partial charge on any atom is -0.384 e. The van der Waals surface area contributed by atoms with E-state index in [4.69, 9.17) is 5.73 Å². The molecular formula is C11H13F3N4O. The lowest BCUT2D eigenvalue weighted by atomic mass is 10.2. The van der Waals surface area contributed by atoms with Crippen LogP contribution in [-0.4, -0.2) is 42.5 Å². The Morgan fingerprint density at radius 1 is 1.32 bits per heavy atom. The third-order valence-corrected chi connectivity index (χ3v) is 2.94. The molecule has 1 aromatic rings. The number of nitrogen functional groups attached to an aromatic ring is 1. The number of likely N-dealkylation sites (N-methyl/N-ethyl adjacent to an activating group) is 1. The molecule has 19 heavy (non-hydrogen) atoms. The predicted octanol–water partition coefficient (Wildman–Crippen LogP) is 0.961. The highest BCUT2D eigenvalue weighted by molar-refractivity contribution is 5.82. The molecule has 0 bridgehead atoms. The highest BCUT2D eigenvalue weighted by Gasteiger charge is 2.32. The lowest BCUT2D eigenvalue weighted by Crippen LogP contribution is -2.48. The third-order valence-electron chi connectivity index (χ3n) is 2.94. The van der Waals surface area contributed by atoms with Crippen LogP contribution >= 0.6 is 0 Å². The number of carbonyl (C=O) groups excluding carboxylic acids is 1. The number of carbonyl (C=O) groups is 1. The van der Waals surface area contributed by atoms with Crippen LogP contribution < -0.4 is 10.6 Å². The van der Waals surface area contributed by atoms with Crippen molar-refractivity contribution in [1.82, 2.24) is 9.88 Å². The molecule has 1 fully saturated rings. The Kier molecular flexibility index (Phi) is 3.25. The third kappa shape index (κ3) is 2.88. The summed E-state index contributed by atoms with van der Waals surface area (Å²) in [6, 6.07) is 1.69. The summed E-state index contributed by atoms with van der Waals surface area (Å²) in [4.78, 5) is 18.4. The molecule has 1 aliphatic rings. The Bertz CT molecular complexity index is 503. The number of anilines is 2. The molecule has 0 atom stereocenters. The standard InChI is InChI=1S/C11H13F3N4O/c1-17-2-3-18(6-10(17)19)9-5-7(11(12,13)14)4-8(15)16-9/h4-5H,2-3,6H2,1H3,(H2,15,16). The summed E-state index contributed by atoms with van der Waals surface area (Å²) in [5.74, 6) is -0.297. The number of aromatic nitrogens is 1. The van der Waals surface area contributed by atoms with E-state index in [2.05, 4.69) is 4.98 Å². The van der Waals surface area contributed by atoms with E-state index in [1.807, 2.05) is 0 Å². The number of pyridine rings is 1. The first kappa shape index (κ1) is 13.4. The number of piperazine rings is 1. The highest BCUT2D eigenvalue weighted by Crippen LogP contribution is 2.32. The summed E-state index contributed by atoms with van der Waals surface area (Å²) in [5.41, 5.74) is 4.53. The number of amides is 1. The zero-order valence-corrected chi connectivity index (χ0v) is 10.2. The lowest BCUT2D eigenvalue weighted by Gasteiger charge is -2.33. The fraction of sp³-hybridized carbons (Fsp3) is 0.455. The summed E-state index contributed by atoms with van der Waals surface area (Å²) in [6.45, 7) is 0.872. The molecule has 2 heterocycles. The van der Waals surface area contributed by atoms with Crippen molar-refractivity contribution < 1.29 is 18.0 Å². The van der Waals surface area contributed by atoms with Crippen molar-refractivity contribution in [2.24, 2.45) is 0 Å². The van der Waals surface area contributed by atoms with E-state index in [1.165, 1.54) is 9.80 Å². The lowest BCUT2D eigenvalue weighted by molar-refractivity contribution is -0.137. The van der Waals surface area contributed by atoms with Gasteiger partial charge in [0, 0.05) is 20.1 Å². The van der Waals surface area contributed by atoms with Gasteiger partial charge in [-0.25, -0.2) is 4.98 Å². The summed E-state index contributed by atoms with van der Waals surface area (Å²) in [6.07, 6.45) is -4.48. The Morgan fingerprint density at radius 3 is 2.58 bits per heavy atom. The van der Waals surface area contributed by atoms with Crippen molar-refractivity contribution in [2.75, 3.05) is 37.3 Å². The average molecular weight is 274 g/mol. The number of halogens is 3. The second-order valence-corrected chi connectivity index (χ2v) is 4.37. The van der Waals surface area contributed by atoms with Gasteiger partial charge in [-0.15, -0.1) is 0 Å². The normalized spacial score (nSPS) is 16.9. The maximum absolute atomic E-state index is 12.7. The zero-order chi connectivity index (χ0) is 14.2. The van der Waals surface area contributed by atoms with Gasteiger partial charge in [0.15, 0.2) is 0 Å². The molecule has 5 nitrogen and oxygen atoms in total. The second-order valence-electron chi connectivity index (χ2n) is 4.37. The Morgan fingerprint density at radius 2 is 2.00 bits per heavy atom. The summed E-state index contributed by atoms with van der Waals surface area (Å²) in [5, 5.41) is 0. The maximum atomic E-state index is 12.7. The Hall–Kier alpha value is -1.99. The summed E-state index contributed by atoms with van der Waals surface area (Å²) in [7, 11) is 1.65. The largest absolute Gasteiger partial charge is 0.416 e. The van der Waals surface area contributed by atoms with Crippen molar-refractivity contribution in [3.05, 3.63) is 17.7 Å². The molecule has 8 heteroatoms. The smallest absolute Gasteiger partial charge is 0.384 e. The quantitative estimate of drug-likeness (QED) is 0.828. The van der Waals surface area contributed by atoms with Gasteiger partial charge < -0.3 is 15.5 Å². The molecule has 0 spiro atoms. The van der Waals surface area contributed by atoms with E-state index in [-0.39, 0.29) is 24.1 Å². The molecule has 1 aliphatic heterocycles. The van der Waals surface area contributed by atoms with Crippen LogP contribution in [0.1, 0.15) is 5.56 Å². The highest BCUT2D eigenvalue weighted by atomic mass is 19.4. The van der Waals surface area contributed by atoms with Gasteiger partial charge in [-0.1, -0.05) is 0 Å². The van der Waals surface area contributed by atoms with E-state index >= 15 is 0 Å². The molecule has 0 radical (unpaired) electrons. The number of hydrogen-bond donors (Lipinski definition) is 1. The second kappa shape index (κ2) is 4.60. The minimum absolute atomic E-state index is 0.00422. The number of rotatable bonds is 1. The van der Waals surface area contributed by atoms with E-state index < -0.39 is 11.7 Å². The van der Waals surface area contributed by atoms with Crippen LogP contribution in [0.4, 0.5) is 24.8 Å². The summed E-state index contributed by atoms with van der Waals surface area (Å²) >= 11 is 0. The van der Waals surface area contributed by atoms with Crippen molar-refractivity contribution in [3.63, 3.8) is 0 Å². The van der Waals surface area contributed by atoms with E-state index in [0.29, 0.717) is 13.1 Å². The van der Waals surface area contributed by atoms with Crippen LogP contribution in [0.3, 0.4) is 0 Å². The monoisotopic (exact) mass is 274 g/mol. The number of nitrogens with two attached hydrogens (primary N) is 1. The minimum atomic E-state index is -4.48. The first-order valence-corrected chi connectivity index (χ1v) is 5.61. The maximum Gasteiger partial charge on any atom is 0.416 e. The van der Waals surface area contributed by atoms with Gasteiger partial charge in [-0.05, 0) is 12.1 Å². The molecule has 2 rings (SSSR count). The van der Waals surface area contributed by atoms with Crippen molar-refractivity contribution in [2.45, 2.75) is 6.18 Å². The molecule has 0 unspecified atom stereocenters. The molecular weight excluding hydrogens is 261 g/mol.